The first-order valence-electron chi connectivity index (χ1n) is 10.7. The minimum absolute atomic E-state index is 0.0538. The van der Waals surface area contributed by atoms with Crippen LogP contribution >= 0.6 is 0 Å². The van der Waals surface area contributed by atoms with Crippen molar-refractivity contribution in [1.82, 2.24) is 9.21 Å². The predicted octanol–water partition coefficient (Wildman–Crippen LogP) is 3.06. The van der Waals surface area contributed by atoms with Gasteiger partial charge in [-0.3, -0.25) is 9.69 Å². The molecular formula is C21H31N3O3S. The van der Waals surface area contributed by atoms with E-state index < -0.39 is 10.0 Å². The van der Waals surface area contributed by atoms with Crippen LogP contribution < -0.4 is 5.32 Å². The van der Waals surface area contributed by atoms with Crippen LogP contribution in [0, 0.1) is 5.92 Å². The third kappa shape index (κ3) is 4.26. The van der Waals surface area contributed by atoms with Crippen molar-refractivity contribution < 1.29 is 13.2 Å². The lowest BCUT2D eigenvalue weighted by molar-refractivity contribution is -0.118. The zero-order valence-corrected chi connectivity index (χ0v) is 17.3. The summed E-state index contributed by atoms with van der Waals surface area (Å²) >= 11 is 0. The fraction of sp³-hybridized carbons (Fsp3) is 0.667. The van der Waals surface area contributed by atoms with Gasteiger partial charge in [0.15, 0.2) is 0 Å². The average molecular weight is 406 g/mol. The van der Waals surface area contributed by atoms with Crippen molar-refractivity contribution in [3.63, 3.8) is 0 Å². The molecule has 2 atom stereocenters. The summed E-state index contributed by atoms with van der Waals surface area (Å²) in [4.78, 5) is 15.3. The highest BCUT2D eigenvalue weighted by molar-refractivity contribution is 7.89. The summed E-state index contributed by atoms with van der Waals surface area (Å²) in [6.45, 7) is 2.54. The van der Waals surface area contributed by atoms with E-state index in [1.807, 2.05) is 0 Å². The predicted molar refractivity (Wildman–Crippen MR) is 110 cm³/mol. The van der Waals surface area contributed by atoms with Crippen LogP contribution in [0.4, 0.5) is 5.69 Å². The van der Waals surface area contributed by atoms with Gasteiger partial charge in [0.2, 0.25) is 15.9 Å². The second kappa shape index (κ2) is 8.51. The Balaban J connectivity index is 1.40. The quantitative estimate of drug-likeness (QED) is 0.817. The Labute approximate surface area is 168 Å². The highest BCUT2D eigenvalue weighted by atomic mass is 32.2. The normalized spacial score (nSPS) is 26.7. The van der Waals surface area contributed by atoms with Crippen LogP contribution in [0.1, 0.15) is 51.4 Å². The Hall–Kier alpha value is -1.44. The third-order valence-electron chi connectivity index (χ3n) is 6.53. The van der Waals surface area contributed by atoms with Gasteiger partial charge in [-0.2, -0.15) is 4.31 Å². The Morgan fingerprint density at radius 3 is 2.57 bits per heavy atom. The molecule has 3 fully saturated rings. The molecule has 1 aromatic carbocycles. The SMILES string of the molecule is O=C(CN1CCC[C@@H]2CCCC[C@@H]21)Nc1cccc(S(=O)(=O)N2CCCC2)c1. The summed E-state index contributed by atoms with van der Waals surface area (Å²) in [5.74, 6) is 0.686. The van der Waals surface area contributed by atoms with E-state index in [0.29, 0.717) is 31.4 Å². The van der Waals surface area contributed by atoms with Crippen LogP contribution in [-0.2, 0) is 14.8 Å². The molecule has 1 saturated carbocycles. The number of sulfonamides is 1. The first-order valence-corrected chi connectivity index (χ1v) is 12.1. The van der Waals surface area contributed by atoms with Gasteiger partial charge in [0, 0.05) is 24.8 Å². The molecule has 154 valence electrons. The van der Waals surface area contributed by atoms with Gasteiger partial charge in [0.1, 0.15) is 0 Å². The maximum atomic E-state index is 12.8. The average Bonchev–Trinajstić information content (AvgIpc) is 3.24. The highest BCUT2D eigenvalue weighted by Crippen LogP contribution is 2.35. The molecule has 2 saturated heterocycles. The van der Waals surface area contributed by atoms with Crippen molar-refractivity contribution in [2.45, 2.75) is 62.3 Å². The van der Waals surface area contributed by atoms with Gasteiger partial charge in [0.05, 0.1) is 11.4 Å². The summed E-state index contributed by atoms with van der Waals surface area (Å²) in [7, 11) is -3.47. The molecule has 0 unspecified atom stereocenters. The van der Waals surface area contributed by atoms with Crippen LogP contribution in [0.5, 0.6) is 0 Å². The Bertz CT molecular complexity index is 803. The Kier molecular flexibility index (Phi) is 6.04. The van der Waals surface area contributed by atoms with E-state index in [0.717, 1.165) is 31.7 Å². The molecule has 0 spiro atoms. The van der Waals surface area contributed by atoms with E-state index in [9.17, 15) is 13.2 Å². The third-order valence-corrected chi connectivity index (χ3v) is 8.42. The minimum atomic E-state index is -3.47. The van der Waals surface area contributed by atoms with E-state index in [4.69, 9.17) is 0 Å². The smallest absolute Gasteiger partial charge is 0.243 e. The number of benzene rings is 1. The number of hydrogen-bond donors (Lipinski definition) is 1. The number of piperidine rings is 1. The van der Waals surface area contributed by atoms with Crippen LogP contribution in [0.2, 0.25) is 0 Å². The minimum Gasteiger partial charge on any atom is -0.325 e. The maximum Gasteiger partial charge on any atom is 0.243 e. The number of fused-ring (bicyclic) bond motifs is 1. The molecule has 0 aromatic heterocycles. The van der Waals surface area contributed by atoms with Crippen molar-refractivity contribution in [3.8, 4) is 0 Å². The van der Waals surface area contributed by atoms with Crippen molar-refractivity contribution in [2.24, 2.45) is 5.92 Å². The molecule has 1 aromatic rings. The molecule has 6 nitrogen and oxygen atoms in total. The number of likely N-dealkylation sites (tertiary alicyclic amines) is 1. The summed E-state index contributed by atoms with van der Waals surface area (Å²) < 4.78 is 27.0. The van der Waals surface area contributed by atoms with E-state index in [2.05, 4.69) is 10.2 Å². The number of anilines is 1. The van der Waals surface area contributed by atoms with Crippen molar-refractivity contribution in [1.29, 1.82) is 0 Å². The first kappa shape index (κ1) is 19.9. The number of nitrogens with one attached hydrogen (secondary N) is 1. The summed E-state index contributed by atoms with van der Waals surface area (Å²) in [5.41, 5.74) is 0.558. The summed E-state index contributed by atoms with van der Waals surface area (Å²) in [6, 6.07) is 7.21. The number of carbonyl (C=O) groups excluding carboxylic acids is 1. The van der Waals surface area contributed by atoms with Gasteiger partial charge < -0.3 is 5.32 Å². The zero-order chi connectivity index (χ0) is 19.6. The lowest BCUT2D eigenvalue weighted by atomic mass is 9.78. The maximum absolute atomic E-state index is 12.8. The monoisotopic (exact) mass is 405 g/mol. The van der Waals surface area contributed by atoms with Crippen LogP contribution in [-0.4, -0.2) is 55.8 Å². The molecule has 7 heteroatoms. The standard InChI is InChI=1S/C21H31N3O3S/c25-21(16-23-12-6-8-17-7-1-2-11-20(17)23)22-18-9-5-10-19(15-18)28(26,27)24-13-3-4-14-24/h5,9-10,15,17,20H,1-4,6-8,11-14,16H2,(H,22,25)/t17-,20-/m0/s1. The van der Waals surface area contributed by atoms with Crippen molar-refractivity contribution >= 4 is 21.6 Å². The van der Waals surface area contributed by atoms with Gasteiger partial charge >= 0.3 is 0 Å². The topological polar surface area (TPSA) is 69.7 Å². The summed E-state index contributed by atoms with van der Waals surface area (Å²) in [5, 5.41) is 2.92. The summed E-state index contributed by atoms with van der Waals surface area (Å²) in [6.07, 6.45) is 9.34. The van der Waals surface area contributed by atoms with Gasteiger partial charge in [-0.25, -0.2) is 8.42 Å². The highest BCUT2D eigenvalue weighted by Gasteiger charge is 2.34. The molecule has 4 rings (SSSR count). The lowest BCUT2D eigenvalue weighted by Gasteiger charge is -2.43. The molecule has 3 aliphatic rings. The molecule has 2 aliphatic heterocycles. The molecule has 0 radical (unpaired) electrons. The van der Waals surface area contributed by atoms with E-state index in [1.54, 1.807) is 24.3 Å². The number of rotatable bonds is 5. The largest absolute Gasteiger partial charge is 0.325 e. The number of carbonyl (C=O) groups is 1. The molecule has 1 aliphatic carbocycles. The number of amides is 1. The van der Waals surface area contributed by atoms with Crippen LogP contribution in [0.3, 0.4) is 0 Å². The number of nitrogens with zero attached hydrogens (tertiary/aromatic N) is 2. The van der Waals surface area contributed by atoms with Crippen LogP contribution in [0.15, 0.2) is 29.2 Å². The second-order valence-electron chi connectivity index (χ2n) is 8.41. The van der Waals surface area contributed by atoms with E-state index >= 15 is 0 Å². The molecule has 1 N–H and O–H groups in total. The van der Waals surface area contributed by atoms with Crippen LogP contribution in [0.25, 0.3) is 0 Å². The molecule has 1 amide bonds. The number of hydrogen-bond acceptors (Lipinski definition) is 4. The second-order valence-corrected chi connectivity index (χ2v) is 10.3. The van der Waals surface area contributed by atoms with Gasteiger partial charge in [-0.1, -0.05) is 18.9 Å². The van der Waals surface area contributed by atoms with Gasteiger partial charge in [0.25, 0.3) is 0 Å². The van der Waals surface area contributed by atoms with E-state index in [-0.39, 0.29) is 10.8 Å². The van der Waals surface area contributed by atoms with Gasteiger partial charge in [-0.05, 0) is 69.2 Å². The zero-order valence-electron chi connectivity index (χ0n) is 16.5. The lowest BCUT2D eigenvalue weighted by Crippen LogP contribution is -2.49. The Morgan fingerprint density at radius 1 is 1.00 bits per heavy atom. The molecule has 2 heterocycles. The van der Waals surface area contributed by atoms with E-state index in [1.165, 1.54) is 36.4 Å². The Morgan fingerprint density at radius 2 is 1.75 bits per heavy atom. The first-order chi connectivity index (χ1) is 13.5. The molecule has 28 heavy (non-hydrogen) atoms. The molecular weight excluding hydrogens is 374 g/mol. The van der Waals surface area contributed by atoms with Crippen molar-refractivity contribution in [3.05, 3.63) is 24.3 Å². The molecule has 0 bridgehead atoms. The fourth-order valence-corrected chi connectivity index (χ4v) is 6.68. The van der Waals surface area contributed by atoms with Crippen molar-refractivity contribution in [2.75, 3.05) is 31.5 Å². The fourth-order valence-electron chi connectivity index (χ4n) is 5.12. The van der Waals surface area contributed by atoms with Gasteiger partial charge in [-0.15, -0.1) is 0 Å².